The van der Waals surface area contributed by atoms with Crippen LogP contribution < -0.4 is 4.72 Å². The maximum absolute atomic E-state index is 11.7. The highest BCUT2D eigenvalue weighted by molar-refractivity contribution is 7.92. The van der Waals surface area contributed by atoms with E-state index in [2.05, 4.69) is 9.71 Å². The molecule has 2 rings (SSSR count). The van der Waals surface area contributed by atoms with E-state index in [1.54, 1.807) is 23.7 Å². The van der Waals surface area contributed by atoms with Crippen molar-refractivity contribution in [1.82, 2.24) is 4.98 Å². The molecule has 1 aromatic carbocycles. The van der Waals surface area contributed by atoms with Gasteiger partial charge in [-0.05, 0) is 24.6 Å². The van der Waals surface area contributed by atoms with Gasteiger partial charge in [-0.25, -0.2) is 13.4 Å². The Labute approximate surface area is 114 Å². The van der Waals surface area contributed by atoms with Crippen LogP contribution in [0.25, 0.3) is 10.2 Å². The summed E-state index contributed by atoms with van der Waals surface area (Å²) in [4.78, 5) is 14.4. The minimum atomic E-state index is -3.51. The third kappa shape index (κ3) is 3.90. The van der Waals surface area contributed by atoms with Gasteiger partial charge in [0.15, 0.2) is 0 Å². The molecule has 0 aliphatic rings. The van der Waals surface area contributed by atoms with Gasteiger partial charge in [0.05, 0.1) is 27.2 Å². The van der Waals surface area contributed by atoms with Crippen molar-refractivity contribution in [1.29, 1.82) is 0 Å². The number of carboxylic acid groups (broad SMARTS) is 1. The zero-order valence-electron chi connectivity index (χ0n) is 9.87. The summed E-state index contributed by atoms with van der Waals surface area (Å²) < 4.78 is 26.8. The first-order chi connectivity index (χ1) is 8.96. The number of rotatable bonds is 6. The number of carboxylic acids is 1. The summed E-state index contributed by atoms with van der Waals surface area (Å²) in [5.41, 5.74) is 2.97. The molecule has 2 aromatic rings. The molecule has 19 heavy (non-hydrogen) atoms. The summed E-state index contributed by atoms with van der Waals surface area (Å²) in [6.07, 6.45) is -0.0672. The van der Waals surface area contributed by atoms with Crippen molar-refractivity contribution in [2.75, 3.05) is 10.5 Å². The maximum atomic E-state index is 11.7. The van der Waals surface area contributed by atoms with Gasteiger partial charge in [-0.1, -0.05) is 0 Å². The smallest absolute Gasteiger partial charge is 0.303 e. The lowest BCUT2D eigenvalue weighted by Gasteiger charge is -2.07. The Bertz CT molecular complexity index is 694. The highest BCUT2D eigenvalue weighted by atomic mass is 32.2. The monoisotopic (exact) mass is 300 g/mol. The molecule has 0 saturated carbocycles. The van der Waals surface area contributed by atoms with E-state index in [9.17, 15) is 13.2 Å². The van der Waals surface area contributed by atoms with Gasteiger partial charge >= 0.3 is 5.97 Å². The Morgan fingerprint density at radius 2 is 2.21 bits per heavy atom. The largest absolute Gasteiger partial charge is 0.481 e. The first kappa shape index (κ1) is 13.8. The number of thiazole rings is 1. The van der Waals surface area contributed by atoms with Gasteiger partial charge in [-0.2, -0.15) is 0 Å². The first-order valence-corrected chi connectivity index (χ1v) is 8.05. The molecule has 0 aliphatic heterocycles. The standard InChI is InChI=1S/C11H12N2O4S2/c14-11(15)2-1-5-19(16,17)13-8-3-4-9-10(6-8)18-7-12-9/h3-4,6-7,13H,1-2,5H2,(H,14,15). The van der Waals surface area contributed by atoms with Crippen LogP contribution in [-0.2, 0) is 14.8 Å². The average molecular weight is 300 g/mol. The lowest BCUT2D eigenvalue weighted by Crippen LogP contribution is -2.17. The molecule has 0 amide bonds. The van der Waals surface area contributed by atoms with Crippen LogP contribution in [0.4, 0.5) is 5.69 Å². The minimum absolute atomic E-state index is 0.0907. The molecule has 0 unspecified atom stereocenters. The minimum Gasteiger partial charge on any atom is -0.481 e. The number of anilines is 1. The molecule has 1 aromatic heterocycles. The normalized spacial score (nSPS) is 11.6. The number of nitrogens with zero attached hydrogens (tertiary/aromatic N) is 1. The van der Waals surface area contributed by atoms with Crippen LogP contribution in [0.2, 0.25) is 0 Å². The van der Waals surface area contributed by atoms with Gasteiger partial charge in [0, 0.05) is 6.42 Å². The Morgan fingerprint density at radius 1 is 1.42 bits per heavy atom. The number of hydrogen-bond donors (Lipinski definition) is 2. The third-order valence-corrected chi connectivity index (χ3v) is 4.57. The fourth-order valence-electron chi connectivity index (χ4n) is 1.56. The average Bonchev–Trinajstić information content (AvgIpc) is 2.74. The van der Waals surface area contributed by atoms with E-state index in [0.717, 1.165) is 10.2 Å². The predicted molar refractivity (Wildman–Crippen MR) is 73.9 cm³/mol. The molecule has 6 nitrogen and oxygen atoms in total. The zero-order valence-corrected chi connectivity index (χ0v) is 11.5. The molecule has 0 bridgehead atoms. The number of carbonyl (C=O) groups is 1. The fraction of sp³-hybridized carbons (Fsp3) is 0.273. The van der Waals surface area contributed by atoms with Crippen molar-refractivity contribution >= 4 is 43.2 Å². The quantitative estimate of drug-likeness (QED) is 0.849. The lowest BCUT2D eigenvalue weighted by molar-refractivity contribution is -0.137. The Morgan fingerprint density at radius 3 is 2.95 bits per heavy atom. The molecule has 2 N–H and O–H groups in total. The summed E-state index contributed by atoms with van der Waals surface area (Å²) in [5, 5.41) is 8.47. The molecule has 0 aliphatic carbocycles. The van der Waals surface area contributed by atoms with E-state index in [1.807, 2.05) is 0 Å². The summed E-state index contributed by atoms with van der Waals surface area (Å²) in [6, 6.07) is 5.08. The van der Waals surface area contributed by atoms with Gasteiger partial charge in [0.1, 0.15) is 0 Å². The number of hydrogen-bond acceptors (Lipinski definition) is 5. The summed E-state index contributed by atoms with van der Waals surface area (Å²) >= 11 is 1.43. The van der Waals surface area contributed by atoms with Gasteiger partial charge in [-0.15, -0.1) is 11.3 Å². The maximum Gasteiger partial charge on any atom is 0.303 e. The fourth-order valence-corrected chi connectivity index (χ4v) is 3.39. The SMILES string of the molecule is O=C(O)CCCS(=O)(=O)Nc1ccc2ncsc2c1. The van der Waals surface area contributed by atoms with E-state index >= 15 is 0 Å². The van der Waals surface area contributed by atoms with Gasteiger partial charge in [0.25, 0.3) is 0 Å². The summed E-state index contributed by atoms with van der Waals surface area (Å²) in [7, 11) is -3.51. The van der Waals surface area contributed by atoms with E-state index in [4.69, 9.17) is 5.11 Å². The molecule has 0 saturated heterocycles. The van der Waals surface area contributed by atoms with Crippen molar-refractivity contribution in [3.8, 4) is 0 Å². The van der Waals surface area contributed by atoms with Crippen LogP contribution in [0, 0.1) is 0 Å². The molecular weight excluding hydrogens is 288 g/mol. The number of aromatic nitrogens is 1. The first-order valence-electron chi connectivity index (χ1n) is 5.52. The molecule has 1 heterocycles. The summed E-state index contributed by atoms with van der Waals surface area (Å²) in [6.45, 7) is 0. The van der Waals surface area contributed by atoms with Crippen LogP contribution in [0.15, 0.2) is 23.7 Å². The highest BCUT2D eigenvalue weighted by Gasteiger charge is 2.12. The molecule has 0 fully saturated rings. The van der Waals surface area contributed by atoms with E-state index in [-0.39, 0.29) is 18.6 Å². The Hall–Kier alpha value is -1.67. The number of aliphatic carboxylic acids is 1. The van der Waals surface area contributed by atoms with E-state index in [0.29, 0.717) is 5.69 Å². The Balaban J connectivity index is 2.04. The number of nitrogens with one attached hydrogen (secondary N) is 1. The van der Waals surface area contributed by atoms with Gasteiger partial charge in [0.2, 0.25) is 10.0 Å². The van der Waals surface area contributed by atoms with Crippen molar-refractivity contribution in [2.45, 2.75) is 12.8 Å². The zero-order chi connectivity index (χ0) is 13.9. The Kier molecular flexibility index (Phi) is 4.01. The third-order valence-electron chi connectivity index (χ3n) is 2.41. The predicted octanol–water partition coefficient (Wildman–Crippen LogP) is 1.90. The van der Waals surface area contributed by atoms with Crippen molar-refractivity contribution in [3.05, 3.63) is 23.7 Å². The lowest BCUT2D eigenvalue weighted by atomic mass is 10.3. The molecule has 0 radical (unpaired) electrons. The van der Waals surface area contributed by atoms with Crippen LogP contribution >= 0.6 is 11.3 Å². The second-order valence-corrected chi connectivity index (χ2v) is 6.68. The molecular formula is C11H12N2O4S2. The molecule has 8 heteroatoms. The van der Waals surface area contributed by atoms with Crippen molar-refractivity contribution in [3.63, 3.8) is 0 Å². The van der Waals surface area contributed by atoms with Crippen LogP contribution in [0.1, 0.15) is 12.8 Å². The second kappa shape index (κ2) is 5.54. The number of sulfonamides is 1. The van der Waals surface area contributed by atoms with Crippen molar-refractivity contribution < 1.29 is 18.3 Å². The van der Waals surface area contributed by atoms with Crippen LogP contribution in [0.5, 0.6) is 0 Å². The topological polar surface area (TPSA) is 96.4 Å². The molecule has 102 valence electrons. The van der Waals surface area contributed by atoms with Crippen LogP contribution in [-0.4, -0.2) is 30.2 Å². The van der Waals surface area contributed by atoms with E-state index < -0.39 is 16.0 Å². The second-order valence-electron chi connectivity index (χ2n) is 3.95. The highest BCUT2D eigenvalue weighted by Crippen LogP contribution is 2.22. The van der Waals surface area contributed by atoms with Crippen molar-refractivity contribution in [2.24, 2.45) is 0 Å². The molecule has 0 atom stereocenters. The number of benzene rings is 1. The number of fused-ring (bicyclic) bond motifs is 1. The van der Waals surface area contributed by atoms with E-state index in [1.165, 1.54) is 11.3 Å². The van der Waals surface area contributed by atoms with Crippen LogP contribution in [0.3, 0.4) is 0 Å². The summed E-state index contributed by atoms with van der Waals surface area (Å²) in [5.74, 6) is -1.21. The van der Waals surface area contributed by atoms with Gasteiger partial charge < -0.3 is 5.11 Å². The molecule has 0 spiro atoms. The van der Waals surface area contributed by atoms with Gasteiger partial charge in [-0.3, -0.25) is 9.52 Å².